The first kappa shape index (κ1) is 18.0. The number of anilines is 1. The van der Waals surface area contributed by atoms with Gasteiger partial charge in [0.15, 0.2) is 0 Å². The molecule has 0 aliphatic heterocycles. The maximum Gasteiger partial charge on any atom is 0.255 e. The number of carbonyl (C=O) groups is 1. The van der Waals surface area contributed by atoms with Crippen LogP contribution in [0.15, 0.2) is 42.7 Å². The molecule has 0 aliphatic carbocycles. The van der Waals surface area contributed by atoms with E-state index < -0.39 is 0 Å². The van der Waals surface area contributed by atoms with Crippen molar-refractivity contribution in [1.82, 2.24) is 9.88 Å². The molecular formula is C20H27N3O. The highest BCUT2D eigenvalue weighted by Crippen LogP contribution is 2.13. The van der Waals surface area contributed by atoms with E-state index in [2.05, 4.69) is 55.3 Å². The number of carbonyl (C=O) groups excluding carboxylic acids is 1. The third kappa shape index (κ3) is 5.08. The quantitative estimate of drug-likeness (QED) is 0.788. The minimum absolute atomic E-state index is 0.0606. The maximum atomic E-state index is 12.7. The summed E-state index contributed by atoms with van der Waals surface area (Å²) < 4.78 is 0. The summed E-state index contributed by atoms with van der Waals surface area (Å²) in [7, 11) is 0. The Labute approximate surface area is 144 Å². The average molecular weight is 325 g/mol. The van der Waals surface area contributed by atoms with E-state index in [4.69, 9.17) is 0 Å². The second kappa shape index (κ2) is 9.06. The lowest BCUT2D eigenvalue weighted by Gasteiger charge is -2.21. The Morgan fingerprint density at radius 3 is 2.54 bits per heavy atom. The summed E-state index contributed by atoms with van der Waals surface area (Å²) in [6, 6.07) is 10.3. The molecule has 0 saturated heterocycles. The summed E-state index contributed by atoms with van der Waals surface area (Å²) >= 11 is 0. The van der Waals surface area contributed by atoms with E-state index in [1.807, 2.05) is 11.0 Å². The number of nitrogens with zero attached hydrogens (tertiary/aromatic N) is 2. The summed E-state index contributed by atoms with van der Waals surface area (Å²) in [6.07, 6.45) is 5.34. The summed E-state index contributed by atoms with van der Waals surface area (Å²) in [5.74, 6) is 0.0606. The Hall–Kier alpha value is -2.36. The van der Waals surface area contributed by atoms with E-state index in [1.165, 1.54) is 11.1 Å². The molecule has 2 rings (SSSR count). The van der Waals surface area contributed by atoms with Crippen LogP contribution < -0.4 is 5.32 Å². The van der Waals surface area contributed by atoms with Gasteiger partial charge in [-0.1, -0.05) is 43.7 Å². The van der Waals surface area contributed by atoms with Crippen LogP contribution >= 0.6 is 0 Å². The van der Waals surface area contributed by atoms with E-state index in [9.17, 15) is 4.79 Å². The minimum atomic E-state index is 0.0606. The summed E-state index contributed by atoms with van der Waals surface area (Å²) in [4.78, 5) is 18.8. The van der Waals surface area contributed by atoms with Gasteiger partial charge in [0.1, 0.15) is 0 Å². The second-order valence-corrected chi connectivity index (χ2v) is 6.10. The predicted molar refractivity (Wildman–Crippen MR) is 99.2 cm³/mol. The molecule has 0 atom stereocenters. The second-order valence-electron chi connectivity index (χ2n) is 6.10. The minimum Gasteiger partial charge on any atom is -0.380 e. The topological polar surface area (TPSA) is 45.2 Å². The van der Waals surface area contributed by atoms with Gasteiger partial charge in [-0.3, -0.25) is 9.78 Å². The highest BCUT2D eigenvalue weighted by atomic mass is 16.2. The van der Waals surface area contributed by atoms with Crippen LogP contribution in [0, 0.1) is 6.92 Å². The number of aryl methyl sites for hydroxylation is 1. The van der Waals surface area contributed by atoms with Crippen molar-refractivity contribution in [3.05, 3.63) is 59.4 Å². The van der Waals surface area contributed by atoms with Gasteiger partial charge < -0.3 is 10.2 Å². The van der Waals surface area contributed by atoms with Crippen molar-refractivity contribution >= 4 is 11.6 Å². The van der Waals surface area contributed by atoms with Gasteiger partial charge in [-0.05, 0) is 31.4 Å². The van der Waals surface area contributed by atoms with Crippen molar-refractivity contribution in [3.8, 4) is 0 Å². The zero-order chi connectivity index (χ0) is 17.4. The molecule has 1 amide bonds. The molecule has 0 bridgehead atoms. The molecule has 1 N–H and O–H groups in total. The lowest BCUT2D eigenvalue weighted by Crippen LogP contribution is -2.32. The zero-order valence-corrected chi connectivity index (χ0v) is 14.9. The third-order valence-electron chi connectivity index (χ3n) is 3.84. The molecule has 0 radical (unpaired) electrons. The smallest absolute Gasteiger partial charge is 0.255 e. The first-order valence-electron chi connectivity index (χ1n) is 8.67. The van der Waals surface area contributed by atoms with Crippen LogP contribution in [0.1, 0.15) is 48.2 Å². The SMILES string of the molecule is CCCN(CCC)C(=O)c1cncc(NCc2cccc(C)c2)c1. The van der Waals surface area contributed by atoms with Gasteiger partial charge in [-0.25, -0.2) is 0 Å². The van der Waals surface area contributed by atoms with Crippen molar-refractivity contribution in [2.75, 3.05) is 18.4 Å². The van der Waals surface area contributed by atoms with Gasteiger partial charge in [0.2, 0.25) is 0 Å². The number of pyridine rings is 1. The van der Waals surface area contributed by atoms with E-state index in [1.54, 1.807) is 12.4 Å². The van der Waals surface area contributed by atoms with Gasteiger partial charge in [0.25, 0.3) is 5.91 Å². The van der Waals surface area contributed by atoms with Gasteiger partial charge in [-0.2, -0.15) is 0 Å². The van der Waals surface area contributed by atoms with Crippen LogP contribution in [0.4, 0.5) is 5.69 Å². The fourth-order valence-corrected chi connectivity index (χ4v) is 2.72. The molecule has 1 aromatic heterocycles. The Morgan fingerprint density at radius 2 is 1.88 bits per heavy atom. The van der Waals surface area contributed by atoms with Crippen LogP contribution in [0.3, 0.4) is 0 Å². The van der Waals surface area contributed by atoms with Gasteiger partial charge in [0.05, 0.1) is 11.3 Å². The van der Waals surface area contributed by atoms with Crippen LogP contribution in [0.2, 0.25) is 0 Å². The molecule has 1 heterocycles. The highest BCUT2D eigenvalue weighted by molar-refractivity contribution is 5.94. The Morgan fingerprint density at radius 1 is 1.12 bits per heavy atom. The van der Waals surface area contributed by atoms with E-state index in [0.29, 0.717) is 12.1 Å². The first-order chi connectivity index (χ1) is 11.6. The molecule has 128 valence electrons. The van der Waals surface area contributed by atoms with Gasteiger partial charge in [-0.15, -0.1) is 0 Å². The largest absolute Gasteiger partial charge is 0.380 e. The van der Waals surface area contributed by atoms with Crippen molar-refractivity contribution in [2.45, 2.75) is 40.2 Å². The Balaban J connectivity index is 2.06. The molecule has 2 aromatic rings. The molecule has 0 spiro atoms. The standard InChI is InChI=1S/C20H27N3O/c1-4-9-23(10-5-2)20(24)18-12-19(15-21-14-18)22-13-17-8-6-7-16(3)11-17/h6-8,11-12,14-15,22H,4-5,9-10,13H2,1-3H3. The first-order valence-corrected chi connectivity index (χ1v) is 8.67. The lowest BCUT2D eigenvalue weighted by molar-refractivity contribution is 0.0755. The van der Waals surface area contributed by atoms with Gasteiger partial charge in [0, 0.05) is 32.0 Å². The number of rotatable bonds is 8. The Kier molecular flexibility index (Phi) is 6.79. The fraction of sp³-hybridized carbons (Fsp3) is 0.400. The van der Waals surface area contributed by atoms with Crippen LogP contribution in [0.25, 0.3) is 0 Å². The molecule has 0 fully saturated rings. The third-order valence-corrected chi connectivity index (χ3v) is 3.84. The molecular weight excluding hydrogens is 298 g/mol. The summed E-state index contributed by atoms with van der Waals surface area (Å²) in [6.45, 7) is 8.55. The number of benzene rings is 1. The van der Waals surface area contributed by atoms with Crippen LogP contribution in [-0.2, 0) is 6.54 Å². The van der Waals surface area contributed by atoms with Crippen molar-refractivity contribution in [3.63, 3.8) is 0 Å². The number of hydrogen-bond donors (Lipinski definition) is 1. The summed E-state index contributed by atoms with van der Waals surface area (Å²) in [5.41, 5.74) is 3.97. The van der Waals surface area contributed by atoms with Crippen LogP contribution in [0.5, 0.6) is 0 Å². The van der Waals surface area contributed by atoms with E-state index in [-0.39, 0.29) is 5.91 Å². The Bertz CT molecular complexity index is 663. The van der Waals surface area contributed by atoms with Crippen molar-refractivity contribution < 1.29 is 4.79 Å². The van der Waals surface area contributed by atoms with E-state index in [0.717, 1.165) is 31.6 Å². The average Bonchev–Trinajstić information content (AvgIpc) is 2.59. The number of aromatic nitrogens is 1. The number of amides is 1. The number of nitrogens with one attached hydrogen (secondary N) is 1. The summed E-state index contributed by atoms with van der Waals surface area (Å²) in [5, 5.41) is 3.35. The molecule has 4 heteroatoms. The van der Waals surface area contributed by atoms with Crippen LogP contribution in [-0.4, -0.2) is 28.9 Å². The van der Waals surface area contributed by atoms with E-state index >= 15 is 0 Å². The van der Waals surface area contributed by atoms with Crippen molar-refractivity contribution in [2.24, 2.45) is 0 Å². The lowest BCUT2D eigenvalue weighted by atomic mass is 10.1. The number of hydrogen-bond acceptors (Lipinski definition) is 3. The zero-order valence-electron chi connectivity index (χ0n) is 14.9. The molecule has 4 nitrogen and oxygen atoms in total. The normalized spacial score (nSPS) is 10.5. The van der Waals surface area contributed by atoms with Crippen molar-refractivity contribution in [1.29, 1.82) is 0 Å². The maximum absolute atomic E-state index is 12.7. The molecule has 24 heavy (non-hydrogen) atoms. The predicted octanol–water partition coefficient (Wildman–Crippen LogP) is 4.26. The molecule has 0 aliphatic rings. The monoisotopic (exact) mass is 325 g/mol. The fourth-order valence-electron chi connectivity index (χ4n) is 2.72. The molecule has 0 unspecified atom stereocenters. The molecule has 0 saturated carbocycles. The molecule has 1 aromatic carbocycles. The van der Waals surface area contributed by atoms with Gasteiger partial charge >= 0.3 is 0 Å². The highest BCUT2D eigenvalue weighted by Gasteiger charge is 2.14.